The fourth-order valence-electron chi connectivity index (χ4n) is 4.57. The number of piperazine rings is 1. The predicted molar refractivity (Wildman–Crippen MR) is 100 cm³/mol. The highest BCUT2D eigenvalue weighted by Crippen LogP contribution is 2.45. The molecule has 28 heavy (non-hydrogen) atoms. The van der Waals surface area contributed by atoms with E-state index in [1.54, 1.807) is 11.1 Å². The maximum absolute atomic E-state index is 13.5. The number of anilines is 1. The number of nitrogens with zero attached hydrogens (tertiary/aromatic N) is 3. The smallest absolute Gasteiger partial charge is 0.228 e. The number of carbonyl (C=O) groups excluding carboxylic acids is 3. The summed E-state index contributed by atoms with van der Waals surface area (Å²) < 4.78 is 13.5. The lowest BCUT2D eigenvalue weighted by atomic mass is 9.85. The topological polar surface area (TPSA) is 82.6 Å². The number of pyridine rings is 1. The van der Waals surface area contributed by atoms with Crippen molar-refractivity contribution < 1.29 is 18.8 Å². The number of Topliss-reactive ketones (excluding diaryl/α,β-unsaturated/α-hetero) is 1. The van der Waals surface area contributed by atoms with E-state index in [9.17, 15) is 18.8 Å². The number of rotatable bonds is 5. The van der Waals surface area contributed by atoms with E-state index >= 15 is 0 Å². The Kier molecular flexibility index (Phi) is 4.81. The standard InChI is InChI=1S/C20H25FN4O3/c1-13-12-24(6-7-25(13)16-8-15(21)10-22-11-16)19(28)4-5-20(14-2-3-14)17(26)9-18(27)23-20/h8,10-11,13-14H,2-7,9,12H2,1H3,(H,23,27)/t13-,20?/m0/s1. The van der Waals surface area contributed by atoms with E-state index in [0.29, 0.717) is 31.7 Å². The van der Waals surface area contributed by atoms with Gasteiger partial charge in [0.1, 0.15) is 11.4 Å². The van der Waals surface area contributed by atoms with Gasteiger partial charge in [-0.3, -0.25) is 19.4 Å². The van der Waals surface area contributed by atoms with Gasteiger partial charge in [-0.15, -0.1) is 0 Å². The minimum Gasteiger partial charge on any atom is -0.364 e. The van der Waals surface area contributed by atoms with E-state index in [2.05, 4.69) is 10.3 Å². The SMILES string of the molecule is C[C@H]1CN(C(=O)CCC2(C3CC3)NC(=O)CC2=O)CCN1c1cncc(F)c1. The quantitative estimate of drug-likeness (QED) is 0.769. The molecule has 1 aliphatic carbocycles. The van der Waals surface area contributed by atoms with Crippen molar-refractivity contribution in [2.45, 2.75) is 50.6 Å². The van der Waals surface area contributed by atoms with Gasteiger partial charge in [0.15, 0.2) is 5.78 Å². The van der Waals surface area contributed by atoms with Gasteiger partial charge in [-0.05, 0) is 32.1 Å². The fourth-order valence-corrected chi connectivity index (χ4v) is 4.57. The number of amides is 2. The van der Waals surface area contributed by atoms with Gasteiger partial charge < -0.3 is 15.1 Å². The summed E-state index contributed by atoms with van der Waals surface area (Å²) >= 11 is 0. The van der Waals surface area contributed by atoms with Crippen molar-refractivity contribution in [2.24, 2.45) is 5.92 Å². The minimum atomic E-state index is -0.826. The summed E-state index contributed by atoms with van der Waals surface area (Å²) in [7, 11) is 0. The summed E-state index contributed by atoms with van der Waals surface area (Å²) in [5.41, 5.74) is -0.112. The van der Waals surface area contributed by atoms with Crippen molar-refractivity contribution in [3.8, 4) is 0 Å². The number of aromatic nitrogens is 1. The summed E-state index contributed by atoms with van der Waals surface area (Å²) in [6.07, 6.45) is 5.22. The molecule has 1 aromatic heterocycles. The molecular formula is C20H25FN4O3. The predicted octanol–water partition coefficient (Wildman–Crippen LogP) is 1.28. The van der Waals surface area contributed by atoms with E-state index in [0.717, 1.165) is 12.8 Å². The molecule has 2 aliphatic heterocycles. The molecule has 8 heteroatoms. The molecule has 3 fully saturated rings. The summed E-state index contributed by atoms with van der Waals surface area (Å²) in [6.45, 7) is 3.67. The normalized spacial score (nSPS) is 27.9. The van der Waals surface area contributed by atoms with Gasteiger partial charge in [0, 0.05) is 38.2 Å². The van der Waals surface area contributed by atoms with Crippen LogP contribution in [0.15, 0.2) is 18.5 Å². The number of carbonyl (C=O) groups is 3. The third kappa shape index (κ3) is 3.47. The molecule has 3 heterocycles. The van der Waals surface area contributed by atoms with Gasteiger partial charge in [-0.25, -0.2) is 4.39 Å². The second kappa shape index (κ2) is 7.14. The second-order valence-corrected chi connectivity index (χ2v) is 8.14. The van der Waals surface area contributed by atoms with Crippen LogP contribution in [0.1, 0.15) is 39.0 Å². The molecule has 150 valence electrons. The molecule has 1 saturated carbocycles. The van der Waals surface area contributed by atoms with Crippen LogP contribution in [0.25, 0.3) is 0 Å². The maximum atomic E-state index is 13.5. The van der Waals surface area contributed by atoms with Crippen LogP contribution >= 0.6 is 0 Å². The van der Waals surface area contributed by atoms with Gasteiger partial charge in [0.2, 0.25) is 11.8 Å². The van der Waals surface area contributed by atoms with Crippen molar-refractivity contribution in [1.29, 1.82) is 0 Å². The van der Waals surface area contributed by atoms with Crippen LogP contribution in [0.4, 0.5) is 10.1 Å². The van der Waals surface area contributed by atoms with Gasteiger partial charge in [-0.2, -0.15) is 0 Å². The number of ketones is 1. The molecule has 0 radical (unpaired) electrons. The average molecular weight is 388 g/mol. The number of nitrogens with one attached hydrogen (secondary N) is 1. The van der Waals surface area contributed by atoms with Gasteiger partial charge in [0.25, 0.3) is 0 Å². The first-order chi connectivity index (χ1) is 13.4. The molecule has 4 rings (SSSR count). The molecule has 0 spiro atoms. The van der Waals surface area contributed by atoms with Crippen molar-refractivity contribution in [3.63, 3.8) is 0 Å². The van der Waals surface area contributed by atoms with E-state index in [4.69, 9.17) is 0 Å². The highest BCUT2D eigenvalue weighted by atomic mass is 19.1. The highest BCUT2D eigenvalue weighted by Gasteiger charge is 2.55. The fraction of sp³-hybridized carbons (Fsp3) is 0.600. The summed E-state index contributed by atoms with van der Waals surface area (Å²) in [5.74, 6) is -0.495. The molecule has 1 aromatic rings. The average Bonchev–Trinajstić information content (AvgIpc) is 3.46. The summed E-state index contributed by atoms with van der Waals surface area (Å²) in [5, 5.41) is 2.87. The largest absolute Gasteiger partial charge is 0.364 e. The Morgan fingerprint density at radius 3 is 2.71 bits per heavy atom. The van der Waals surface area contributed by atoms with Crippen LogP contribution in [-0.4, -0.2) is 58.7 Å². The monoisotopic (exact) mass is 388 g/mol. The van der Waals surface area contributed by atoms with Crippen LogP contribution in [0.5, 0.6) is 0 Å². The van der Waals surface area contributed by atoms with Crippen molar-refractivity contribution in [3.05, 3.63) is 24.3 Å². The summed E-state index contributed by atoms with van der Waals surface area (Å²) in [4.78, 5) is 44.7. The van der Waals surface area contributed by atoms with Crippen LogP contribution in [0, 0.1) is 11.7 Å². The van der Waals surface area contributed by atoms with Crippen LogP contribution in [0.3, 0.4) is 0 Å². The zero-order valence-corrected chi connectivity index (χ0v) is 16.0. The molecule has 0 aromatic carbocycles. The van der Waals surface area contributed by atoms with E-state index < -0.39 is 5.54 Å². The lowest BCUT2D eigenvalue weighted by Gasteiger charge is -2.41. The van der Waals surface area contributed by atoms with E-state index in [1.807, 2.05) is 11.8 Å². The van der Waals surface area contributed by atoms with Gasteiger partial charge in [-0.1, -0.05) is 0 Å². The first-order valence-electron chi connectivity index (χ1n) is 9.88. The Hall–Kier alpha value is -2.51. The first-order valence-corrected chi connectivity index (χ1v) is 9.88. The molecular weight excluding hydrogens is 363 g/mol. The Morgan fingerprint density at radius 1 is 1.32 bits per heavy atom. The molecule has 2 atom stereocenters. The van der Waals surface area contributed by atoms with Crippen molar-refractivity contribution >= 4 is 23.3 Å². The third-order valence-corrected chi connectivity index (χ3v) is 6.19. The van der Waals surface area contributed by atoms with E-state index in [-0.39, 0.29) is 48.2 Å². The number of hydrogen-bond acceptors (Lipinski definition) is 5. The Labute approximate surface area is 163 Å². The summed E-state index contributed by atoms with van der Waals surface area (Å²) in [6, 6.07) is 1.49. The Morgan fingerprint density at radius 2 is 2.11 bits per heavy atom. The Bertz CT molecular complexity index is 812. The minimum absolute atomic E-state index is 0.00200. The molecule has 7 nitrogen and oxygen atoms in total. The molecule has 1 N–H and O–H groups in total. The highest BCUT2D eigenvalue weighted by molar-refractivity contribution is 6.10. The maximum Gasteiger partial charge on any atom is 0.228 e. The molecule has 2 saturated heterocycles. The lowest BCUT2D eigenvalue weighted by molar-refractivity contribution is -0.133. The van der Waals surface area contributed by atoms with Gasteiger partial charge >= 0.3 is 0 Å². The Balaban J connectivity index is 1.36. The molecule has 1 unspecified atom stereocenters. The third-order valence-electron chi connectivity index (χ3n) is 6.19. The van der Waals surface area contributed by atoms with Crippen molar-refractivity contribution in [1.82, 2.24) is 15.2 Å². The zero-order valence-electron chi connectivity index (χ0n) is 16.0. The zero-order chi connectivity index (χ0) is 19.9. The van der Waals surface area contributed by atoms with Crippen molar-refractivity contribution in [2.75, 3.05) is 24.5 Å². The van der Waals surface area contributed by atoms with Crippen LogP contribution in [-0.2, 0) is 14.4 Å². The van der Waals surface area contributed by atoms with Crippen LogP contribution < -0.4 is 10.2 Å². The van der Waals surface area contributed by atoms with E-state index in [1.165, 1.54) is 12.3 Å². The van der Waals surface area contributed by atoms with Gasteiger partial charge in [0.05, 0.1) is 24.5 Å². The number of halogens is 1. The molecule has 2 amide bonds. The molecule has 0 bridgehead atoms. The first kappa shape index (κ1) is 18.8. The van der Waals surface area contributed by atoms with Crippen LogP contribution in [0.2, 0.25) is 0 Å². The second-order valence-electron chi connectivity index (χ2n) is 8.14. The molecule has 3 aliphatic rings. The lowest BCUT2D eigenvalue weighted by Crippen LogP contribution is -2.54. The number of hydrogen-bond donors (Lipinski definition) is 1.